The summed E-state index contributed by atoms with van der Waals surface area (Å²) in [5.74, 6) is 0.180. The highest BCUT2D eigenvalue weighted by Crippen LogP contribution is 2.20. The van der Waals surface area contributed by atoms with E-state index < -0.39 is 6.04 Å². The van der Waals surface area contributed by atoms with Crippen molar-refractivity contribution in [3.05, 3.63) is 36.0 Å². The first-order valence-electron chi connectivity index (χ1n) is 7.34. The topological polar surface area (TPSA) is 82.3 Å². The van der Waals surface area contributed by atoms with Gasteiger partial charge in [0, 0.05) is 29.9 Å². The first-order chi connectivity index (χ1) is 11.1. The molecule has 6 nitrogen and oxygen atoms in total. The number of rotatable bonds is 4. The number of carbonyl (C=O) groups is 3. The fourth-order valence-corrected chi connectivity index (χ4v) is 3.54. The summed E-state index contributed by atoms with van der Waals surface area (Å²) in [4.78, 5) is 40.5. The van der Waals surface area contributed by atoms with Gasteiger partial charge >= 0.3 is 0 Å². The normalized spacial score (nSPS) is 17.4. The highest BCUT2D eigenvalue weighted by atomic mass is 32.2. The monoisotopic (exact) mass is 331 g/mol. The van der Waals surface area contributed by atoms with Crippen molar-refractivity contribution in [2.45, 2.75) is 12.5 Å². The minimum atomic E-state index is -0.427. The summed E-state index contributed by atoms with van der Waals surface area (Å²) in [5.41, 5.74) is 1.41. The van der Waals surface area contributed by atoms with Crippen LogP contribution in [0.3, 0.4) is 0 Å². The van der Waals surface area contributed by atoms with Crippen molar-refractivity contribution < 1.29 is 14.4 Å². The van der Waals surface area contributed by atoms with Gasteiger partial charge in [0.05, 0.1) is 18.2 Å². The number of hydrogen-bond acceptors (Lipinski definition) is 4. The van der Waals surface area contributed by atoms with Crippen LogP contribution in [0.5, 0.6) is 0 Å². The third-order valence-corrected chi connectivity index (χ3v) is 4.83. The van der Waals surface area contributed by atoms with Gasteiger partial charge in [-0.3, -0.25) is 14.4 Å². The number of likely N-dealkylation sites (N-methyl/N-ethyl adjacent to an activating group) is 1. The number of nitrogens with zero attached hydrogens (tertiary/aromatic N) is 1. The molecule has 23 heavy (non-hydrogen) atoms. The highest BCUT2D eigenvalue weighted by Gasteiger charge is 2.27. The second kappa shape index (κ2) is 6.45. The fraction of sp³-hybridized carbons (Fsp3) is 0.312. The predicted molar refractivity (Wildman–Crippen MR) is 89.3 cm³/mol. The molecule has 0 saturated carbocycles. The molecule has 1 unspecified atom stereocenters. The van der Waals surface area contributed by atoms with Crippen LogP contribution in [-0.2, 0) is 9.59 Å². The molecule has 7 heteroatoms. The number of carbonyl (C=O) groups excluding carboxylic acids is 3. The predicted octanol–water partition coefficient (Wildman–Crippen LogP) is 1.39. The lowest BCUT2D eigenvalue weighted by Gasteiger charge is -2.18. The van der Waals surface area contributed by atoms with Crippen molar-refractivity contribution in [1.82, 2.24) is 15.2 Å². The first kappa shape index (κ1) is 15.6. The first-order valence-corrected chi connectivity index (χ1v) is 8.32. The van der Waals surface area contributed by atoms with Crippen LogP contribution in [0.2, 0.25) is 0 Å². The van der Waals surface area contributed by atoms with Crippen LogP contribution < -0.4 is 5.32 Å². The Morgan fingerprint density at radius 2 is 2.17 bits per heavy atom. The van der Waals surface area contributed by atoms with E-state index in [9.17, 15) is 14.4 Å². The summed E-state index contributed by atoms with van der Waals surface area (Å²) >= 11 is 1.23. The molecular weight excluding hydrogens is 314 g/mol. The van der Waals surface area contributed by atoms with Gasteiger partial charge in [0.25, 0.3) is 5.91 Å². The van der Waals surface area contributed by atoms with Gasteiger partial charge in [-0.1, -0.05) is 30.0 Å². The lowest BCUT2D eigenvalue weighted by molar-refractivity contribution is -0.124. The Kier molecular flexibility index (Phi) is 4.38. The van der Waals surface area contributed by atoms with Gasteiger partial charge in [-0.15, -0.1) is 0 Å². The van der Waals surface area contributed by atoms with Gasteiger partial charge in [0.2, 0.25) is 11.0 Å². The minimum absolute atomic E-state index is 0.0102. The van der Waals surface area contributed by atoms with E-state index in [-0.39, 0.29) is 23.5 Å². The van der Waals surface area contributed by atoms with E-state index in [1.165, 1.54) is 16.7 Å². The van der Waals surface area contributed by atoms with Crippen LogP contribution in [0.4, 0.5) is 0 Å². The maximum absolute atomic E-state index is 12.5. The van der Waals surface area contributed by atoms with Gasteiger partial charge in [-0.05, 0) is 12.5 Å². The number of thioether (sulfide) groups is 1. The van der Waals surface area contributed by atoms with Crippen LogP contribution in [0.25, 0.3) is 10.9 Å². The summed E-state index contributed by atoms with van der Waals surface area (Å²) in [6.07, 6.45) is 2.30. The molecular formula is C16H17N3O3S. The van der Waals surface area contributed by atoms with Gasteiger partial charge in [-0.25, -0.2) is 0 Å². The summed E-state index contributed by atoms with van der Waals surface area (Å²) in [5, 5.41) is 3.50. The molecule has 3 rings (SSSR count). The van der Waals surface area contributed by atoms with Crippen molar-refractivity contribution in [3.63, 3.8) is 0 Å². The van der Waals surface area contributed by atoms with Crippen molar-refractivity contribution in [1.29, 1.82) is 0 Å². The van der Waals surface area contributed by atoms with E-state index in [0.717, 1.165) is 16.7 Å². The lowest BCUT2D eigenvalue weighted by Crippen LogP contribution is -2.44. The van der Waals surface area contributed by atoms with Crippen LogP contribution in [0.15, 0.2) is 30.5 Å². The summed E-state index contributed by atoms with van der Waals surface area (Å²) < 4.78 is 0. The van der Waals surface area contributed by atoms with E-state index >= 15 is 0 Å². The Morgan fingerprint density at radius 3 is 2.91 bits per heavy atom. The number of hydrogen-bond donors (Lipinski definition) is 2. The molecule has 1 atom stereocenters. The fourth-order valence-electron chi connectivity index (χ4n) is 2.61. The Labute approximate surface area is 137 Å². The van der Waals surface area contributed by atoms with E-state index in [1.54, 1.807) is 13.2 Å². The molecule has 0 aliphatic carbocycles. The van der Waals surface area contributed by atoms with E-state index in [1.807, 2.05) is 24.3 Å². The number of para-hydroxylation sites is 1. The van der Waals surface area contributed by atoms with Crippen LogP contribution in [0, 0.1) is 0 Å². The van der Waals surface area contributed by atoms with Crippen molar-refractivity contribution in [2.24, 2.45) is 0 Å². The third-order valence-electron chi connectivity index (χ3n) is 3.82. The largest absolute Gasteiger partial charge is 0.360 e. The maximum Gasteiger partial charge on any atom is 0.256 e. The quantitative estimate of drug-likeness (QED) is 0.887. The second-order valence-corrected chi connectivity index (χ2v) is 6.58. The molecule has 1 aliphatic rings. The van der Waals surface area contributed by atoms with Crippen molar-refractivity contribution in [3.8, 4) is 0 Å². The van der Waals surface area contributed by atoms with Crippen LogP contribution in [-0.4, -0.2) is 52.2 Å². The summed E-state index contributed by atoms with van der Waals surface area (Å²) in [6.45, 7) is -0.0766. The number of fused-ring (bicyclic) bond motifs is 1. The SMILES string of the molecule is CN(CC(=O)NC1CCSC1=O)C(=O)c1c[nH]c2ccccc12. The molecule has 1 aromatic carbocycles. The number of nitrogens with one attached hydrogen (secondary N) is 2. The van der Waals surface area contributed by atoms with Gasteiger partial charge < -0.3 is 15.2 Å². The standard InChI is InChI=1S/C16H17N3O3S/c1-19(9-14(20)18-13-6-7-23-16(13)22)15(21)11-8-17-12-5-3-2-4-10(11)12/h2-5,8,13,17H,6-7,9H2,1H3,(H,18,20). The number of aromatic nitrogens is 1. The number of amides is 2. The molecule has 2 heterocycles. The molecule has 0 radical (unpaired) electrons. The number of H-pyrrole nitrogens is 1. The molecule has 0 bridgehead atoms. The molecule has 0 spiro atoms. The minimum Gasteiger partial charge on any atom is -0.360 e. The van der Waals surface area contributed by atoms with E-state index in [2.05, 4.69) is 10.3 Å². The average molecular weight is 331 g/mol. The molecule has 1 aromatic heterocycles. The highest BCUT2D eigenvalue weighted by molar-refractivity contribution is 8.14. The Morgan fingerprint density at radius 1 is 1.39 bits per heavy atom. The van der Waals surface area contributed by atoms with E-state index in [0.29, 0.717) is 12.0 Å². The zero-order valence-corrected chi connectivity index (χ0v) is 13.5. The molecule has 2 N–H and O–H groups in total. The molecule has 120 valence electrons. The zero-order chi connectivity index (χ0) is 16.4. The maximum atomic E-state index is 12.5. The number of benzene rings is 1. The summed E-state index contributed by atoms with van der Waals surface area (Å²) in [6, 6.07) is 7.08. The lowest BCUT2D eigenvalue weighted by atomic mass is 10.1. The number of aromatic amines is 1. The Balaban J connectivity index is 1.65. The van der Waals surface area contributed by atoms with Gasteiger partial charge in [0.15, 0.2) is 0 Å². The Bertz CT molecular complexity index is 771. The molecule has 1 fully saturated rings. The van der Waals surface area contributed by atoms with E-state index in [4.69, 9.17) is 0 Å². The summed E-state index contributed by atoms with van der Waals surface area (Å²) in [7, 11) is 1.58. The van der Waals surface area contributed by atoms with Crippen LogP contribution >= 0.6 is 11.8 Å². The zero-order valence-electron chi connectivity index (χ0n) is 12.7. The third kappa shape index (κ3) is 3.24. The van der Waals surface area contributed by atoms with Crippen LogP contribution in [0.1, 0.15) is 16.8 Å². The van der Waals surface area contributed by atoms with Gasteiger partial charge in [0.1, 0.15) is 0 Å². The molecule has 2 amide bonds. The Hall–Kier alpha value is -2.28. The molecule has 2 aromatic rings. The van der Waals surface area contributed by atoms with Gasteiger partial charge in [-0.2, -0.15) is 0 Å². The molecule has 1 saturated heterocycles. The second-order valence-electron chi connectivity index (χ2n) is 5.49. The average Bonchev–Trinajstić information content (AvgIpc) is 3.13. The van der Waals surface area contributed by atoms with Crippen molar-refractivity contribution >= 4 is 39.6 Å². The van der Waals surface area contributed by atoms with Crippen molar-refractivity contribution in [2.75, 3.05) is 19.3 Å². The smallest absolute Gasteiger partial charge is 0.256 e. The molecule has 1 aliphatic heterocycles.